The zero-order chi connectivity index (χ0) is 23.4. The van der Waals surface area contributed by atoms with Crippen molar-refractivity contribution in [3.05, 3.63) is 23.3 Å². The molecule has 2 atom stereocenters. The number of nitrogens with one attached hydrogen (secondary N) is 2. The number of hydrazine groups is 1. The maximum atomic E-state index is 13.0. The number of urea groups is 1. The van der Waals surface area contributed by atoms with Gasteiger partial charge < -0.3 is 14.8 Å². The normalized spacial score (nSPS) is 28.1. The van der Waals surface area contributed by atoms with Crippen LogP contribution in [0.3, 0.4) is 0 Å². The maximum absolute atomic E-state index is 13.0. The van der Waals surface area contributed by atoms with Crippen LogP contribution in [0.2, 0.25) is 0 Å². The molecule has 4 amide bonds. The van der Waals surface area contributed by atoms with Crippen molar-refractivity contribution in [2.24, 2.45) is 0 Å². The minimum atomic E-state index is -0.989. The van der Waals surface area contributed by atoms with E-state index in [-0.39, 0.29) is 23.9 Å². The standard InChI is InChI=1S/C24H32N4O5/c1-4-23(3)21(30)28(22(31)25-23)26-20(29)13-27-14-24(7-5-6-8-24)17-12-19-18(32-9-10-33-19)11-16(17)15(27)2/h11-12,15H,4-10,13-14H2,1-3H3,(H,25,31)(H,26,29). The second-order valence-electron chi connectivity index (χ2n) is 9.94. The lowest BCUT2D eigenvalue weighted by Crippen LogP contribution is -2.54. The minimum absolute atomic E-state index is 0.0168. The second-order valence-corrected chi connectivity index (χ2v) is 9.94. The highest BCUT2D eigenvalue weighted by Gasteiger charge is 2.48. The Kier molecular flexibility index (Phi) is 5.27. The van der Waals surface area contributed by atoms with Crippen molar-refractivity contribution in [1.82, 2.24) is 20.7 Å². The Hall–Kier alpha value is -2.81. The molecule has 2 fully saturated rings. The second kappa shape index (κ2) is 7.90. The van der Waals surface area contributed by atoms with Gasteiger partial charge in [0.25, 0.3) is 11.8 Å². The summed E-state index contributed by atoms with van der Waals surface area (Å²) in [5.74, 6) is 0.753. The summed E-state index contributed by atoms with van der Waals surface area (Å²) in [7, 11) is 0. The van der Waals surface area contributed by atoms with E-state index < -0.39 is 17.5 Å². The highest BCUT2D eigenvalue weighted by Crippen LogP contribution is 2.51. The number of imide groups is 1. The van der Waals surface area contributed by atoms with Gasteiger partial charge in [0.15, 0.2) is 11.5 Å². The van der Waals surface area contributed by atoms with Gasteiger partial charge in [-0.3, -0.25) is 19.9 Å². The van der Waals surface area contributed by atoms with Gasteiger partial charge in [-0.15, -0.1) is 0 Å². The summed E-state index contributed by atoms with van der Waals surface area (Å²) in [4.78, 5) is 40.1. The van der Waals surface area contributed by atoms with Gasteiger partial charge in [0.2, 0.25) is 0 Å². The summed E-state index contributed by atoms with van der Waals surface area (Å²) in [5, 5.41) is 3.48. The monoisotopic (exact) mass is 456 g/mol. The Labute approximate surface area is 193 Å². The van der Waals surface area contributed by atoms with Crippen molar-refractivity contribution in [3.63, 3.8) is 0 Å². The van der Waals surface area contributed by atoms with Gasteiger partial charge in [-0.25, -0.2) is 4.79 Å². The van der Waals surface area contributed by atoms with Crippen molar-refractivity contribution in [3.8, 4) is 11.5 Å². The molecule has 2 N–H and O–H groups in total. The average Bonchev–Trinajstić information content (AvgIpc) is 3.36. The third kappa shape index (κ3) is 3.53. The number of rotatable bonds is 4. The van der Waals surface area contributed by atoms with Gasteiger partial charge in [0, 0.05) is 18.0 Å². The molecule has 1 saturated carbocycles. The van der Waals surface area contributed by atoms with Crippen LogP contribution in [0.15, 0.2) is 12.1 Å². The predicted molar refractivity (Wildman–Crippen MR) is 120 cm³/mol. The molecule has 1 aromatic rings. The van der Waals surface area contributed by atoms with Crippen LogP contribution in [-0.2, 0) is 15.0 Å². The third-order valence-electron chi connectivity index (χ3n) is 7.90. The van der Waals surface area contributed by atoms with Crippen LogP contribution in [0.5, 0.6) is 11.5 Å². The molecule has 3 aliphatic heterocycles. The lowest BCUT2D eigenvalue weighted by Gasteiger charge is -2.46. The summed E-state index contributed by atoms with van der Waals surface area (Å²) in [6, 6.07) is 3.62. The van der Waals surface area contributed by atoms with Gasteiger partial charge in [0.1, 0.15) is 18.8 Å². The van der Waals surface area contributed by atoms with E-state index in [4.69, 9.17) is 9.47 Å². The summed E-state index contributed by atoms with van der Waals surface area (Å²) in [5.41, 5.74) is 3.99. The summed E-state index contributed by atoms with van der Waals surface area (Å²) < 4.78 is 11.7. The Balaban J connectivity index is 1.38. The average molecular weight is 457 g/mol. The van der Waals surface area contributed by atoms with Crippen molar-refractivity contribution < 1.29 is 23.9 Å². The van der Waals surface area contributed by atoms with Crippen LogP contribution < -0.4 is 20.2 Å². The van der Waals surface area contributed by atoms with Crippen LogP contribution in [0.25, 0.3) is 0 Å². The molecular weight excluding hydrogens is 424 g/mol. The van der Waals surface area contributed by atoms with Crippen molar-refractivity contribution in [1.29, 1.82) is 0 Å². The zero-order valence-corrected chi connectivity index (χ0v) is 19.5. The predicted octanol–water partition coefficient (Wildman–Crippen LogP) is 2.40. The van der Waals surface area contributed by atoms with E-state index in [9.17, 15) is 14.4 Å². The van der Waals surface area contributed by atoms with Gasteiger partial charge in [-0.1, -0.05) is 19.8 Å². The molecule has 1 aromatic carbocycles. The quantitative estimate of drug-likeness (QED) is 0.675. The molecule has 0 bridgehead atoms. The largest absolute Gasteiger partial charge is 0.486 e. The fourth-order valence-electron chi connectivity index (χ4n) is 5.76. The lowest BCUT2D eigenvalue weighted by atomic mass is 9.71. The van der Waals surface area contributed by atoms with E-state index >= 15 is 0 Å². The molecule has 1 spiro atoms. The molecule has 9 nitrogen and oxygen atoms in total. The first-order chi connectivity index (χ1) is 15.8. The molecule has 2 unspecified atom stereocenters. The SMILES string of the molecule is CCC1(C)NC(=O)N(NC(=O)CN2CC3(CCCC3)c3cc4c(cc3C2C)OCCO4)C1=O. The molecule has 1 saturated heterocycles. The van der Waals surface area contributed by atoms with Crippen LogP contribution in [0.4, 0.5) is 4.79 Å². The number of fused-ring (bicyclic) bond motifs is 3. The zero-order valence-electron chi connectivity index (χ0n) is 19.5. The maximum Gasteiger partial charge on any atom is 0.344 e. The Bertz CT molecular complexity index is 1000. The van der Waals surface area contributed by atoms with Crippen molar-refractivity contribution >= 4 is 17.8 Å². The first kappa shape index (κ1) is 22.0. The number of benzene rings is 1. The van der Waals surface area contributed by atoms with Gasteiger partial charge in [-0.05, 0) is 56.4 Å². The summed E-state index contributed by atoms with van der Waals surface area (Å²) in [6.45, 7) is 7.51. The fourth-order valence-corrected chi connectivity index (χ4v) is 5.76. The van der Waals surface area contributed by atoms with E-state index in [0.29, 0.717) is 19.6 Å². The summed E-state index contributed by atoms with van der Waals surface area (Å²) >= 11 is 0. The number of hydrogen-bond acceptors (Lipinski definition) is 6. The minimum Gasteiger partial charge on any atom is -0.486 e. The van der Waals surface area contributed by atoms with Crippen LogP contribution in [0.1, 0.15) is 70.0 Å². The fraction of sp³-hybridized carbons (Fsp3) is 0.625. The van der Waals surface area contributed by atoms with Crippen LogP contribution >= 0.6 is 0 Å². The number of hydrogen-bond donors (Lipinski definition) is 2. The number of amides is 4. The topological polar surface area (TPSA) is 100 Å². The Morgan fingerprint density at radius 3 is 2.48 bits per heavy atom. The van der Waals surface area contributed by atoms with Crippen molar-refractivity contribution in [2.75, 3.05) is 26.3 Å². The molecule has 4 aliphatic rings. The van der Waals surface area contributed by atoms with Crippen LogP contribution in [0, 0.1) is 0 Å². The number of nitrogens with zero attached hydrogens (tertiary/aromatic N) is 2. The van der Waals surface area contributed by atoms with E-state index in [1.54, 1.807) is 6.92 Å². The molecule has 1 aliphatic carbocycles. The van der Waals surface area contributed by atoms with E-state index in [1.807, 2.05) is 6.92 Å². The molecule has 5 rings (SSSR count). The Morgan fingerprint density at radius 1 is 1.18 bits per heavy atom. The highest BCUT2D eigenvalue weighted by atomic mass is 16.6. The van der Waals surface area contributed by atoms with E-state index in [2.05, 4.69) is 34.7 Å². The smallest absolute Gasteiger partial charge is 0.344 e. The molecule has 178 valence electrons. The molecule has 33 heavy (non-hydrogen) atoms. The van der Waals surface area contributed by atoms with E-state index in [1.165, 1.54) is 5.56 Å². The number of ether oxygens (including phenoxy) is 2. The van der Waals surface area contributed by atoms with E-state index in [0.717, 1.165) is 54.3 Å². The van der Waals surface area contributed by atoms with Crippen LogP contribution in [-0.4, -0.2) is 59.6 Å². The molecule has 9 heteroatoms. The van der Waals surface area contributed by atoms with Crippen molar-refractivity contribution in [2.45, 2.75) is 69.9 Å². The first-order valence-electron chi connectivity index (χ1n) is 11.9. The number of carbonyl (C=O) groups is 3. The van der Waals surface area contributed by atoms with Gasteiger partial charge >= 0.3 is 6.03 Å². The molecule has 0 radical (unpaired) electrons. The molecule has 0 aromatic heterocycles. The molecule has 3 heterocycles. The Morgan fingerprint density at radius 2 is 1.85 bits per heavy atom. The number of carbonyl (C=O) groups excluding carboxylic acids is 3. The first-order valence-corrected chi connectivity index (χ1v) is 11.9. The highest BCUT2D eigenvalue weighted by molar-refractivity contribution is 6.07. The summed E-state index contributed by atoms with van der Waals surface area (Å²) in [6.07, 6.45) is 4.88. The molecular formula is C24H32N4O5. The lowest BCUT2D eigenvalue weighted by molar-refractivity contribution is -0.139. The third-order valence-corrected chi connectivity index (χ3v) is 7.90. The van der Waals surface area contributed by atoms with Gasteiger partial charge in [-0.2, -0.15) is 5.01 Å². The van der Waals surface area contributed by atoms with Gasteiger partial charge in [0.05, 0.1) is 6.54 Å².